The van der Waals surface area contributed by atoms with Gasteiger partial charge in [0.15, 0.2) is 0 Å². The lowest BCUT2D eigenvalue weighted by Crippen LogP contribution is -2.29. The molecule has 2 aromatic carbocycles. The summed E-state index contributed by atoms with van der Waals surface area (Å²) < 4.78 is 1.87. The van der Waals surface area contributed by atoms with Gasteiger partial charge in [-0.15, -0.1) is 0 Å². The maximum Gasteiger partial charge on any atom is 0.251 e. The number of hydrogen-bond acceptors (Lipinski definition) is 8. The van der Waals surface area contributed by atoms with Gasteiger partial charge in [0.25, 0.3) is 5.91 Å². The van der Waals surface area contributed by atoms with Gasteiger partial charge in [0, 0.05) is 61.3 Å². The Morgan fingerprint density at radius 2 is 1.89 bits per heavy atom. The number of rotatable bonds is 8. The molecule has 0 radical (unpaired) electrons. The molecule has 4 rings (SSSR count). The number of hydroxylamine groups is 1. The SMILES string of the molecule is Cc1c2ccc(N(C)c3ccnc(Nc4ccc(C(=O)NCCC(=O)NO)cc4)n3)cc2nn1C. The van der Waals surface area contributed by atoms with E-state index in [0.29, 0.717) is 23.0 Å². The Labute approximate surface area is 201 Å². The highest BCUT2D eigenvalue weighted by molar-refractivity contribution is 5.94. The summed E-state index contributed by atoms with van der Waals surface area (Å²) in [6, 6.07) is 14.7. The maximum atomic E-state index is 12.2. The van der Waals surface area contributed by atoms with Crippen molar-refractivity contribution in [1.29, 1.82) is 0 Å². The molecule has 4 N–H and O–H groups in total. The zero-order valence-corrected chi connectivity index (χ0v) is 19.6. The van der Waals surface area contributed by atoms with Gasteiger partial charge in [-0.05, 0) is 55.5 Å². The third kappa shape index (κ3) is 5.36. The van der Waals surface area contributed by atoms with Crippen molar-refractivity contribution in [3.05, 3.63) is 66.0 Å². The van der Waals surface area contributed by atoms with Gasteiger partial charge in [-0.1, -0.05) is 0 Å². The molecule has 35 heavy (non-hydrogen) atoms. The quantitative estimate of drug-likeness (QED) is 0.226. The summed E-state index contributed by atoms with van der Waals surface area (Å²) in [7, 11) is 3.86. The topological polar surface area (TPSA) is 137 Å². The fourth-order valence-corrected chi connectivity index (χ4v) is 3.54. The highest BCUT2D eigenvalue weighted by Gasteiger charge is 2.12. The molecule has 2 heterocycles. The summed E-state index contributed by atoms with van der Waals surface area (Å²) in [4.78, 5) is 34.1. The second-order valence-corrected chi connectivity index (χ2v) is 7.95. The first-order chi connectivity index (χ1) is 16.9. The van der Waals surface area contributed by atoms with E-state index in [9.17, 15) is 9.59 Å². The average Bonchev–Trinajstić information content (AvgIpc) is 3.16. The minimum atomic E-state index is -0.565. The highest BCUT2D eigenvalue weighted by atomic mass is 16.5. The van der Waals surface area contributed by atoms with Crippen LogP contribution in [0.25, 0.3) is 10.9 Å². The highest BCUT2D eigenvalue weighted by Crippen LogP contribution is 2.27. The molecule has 0 unspecified atom stereocenters. The Kier molecular flexibility index (Phi) is 6.88. The first kappa shape index (κ1) is 23.6. The molecular formula is C24H26N8O3. The molecule has 0 atom stereocenters. The van der Waals surface area contributed by atoms with Crippen molar-refractivity contribution < 1.29 is 14.8 Å². The number of amides is 2. The van der Waals surface area contributed by atoms with Crippen molar-refractivity contribution in [1.82, 2.24) is 30.5 Å². The van der Waals surface area contributed by atoms with Gasteiger partial charge in [0.05, 0.1) is 5.52 Å². The van der Waals surface area contributed by atoms with Crippen molar-refractivity contribution >= 4 is 45.9 Å². The summed E-state index contributed by atoms with van der Waals surface area (Å²) in [5.74, 6) is 0.237. The van der Waals surface area contributed by atoms with Crippen molar-refractivity contribution in [3.8, 4) is 0 Å². The molecule has 0 saturated heterocycles. The largest absolute Gasteiger partial charge is 0.352 e. The number of nitrogens with one attached hydrogen (secondary N) is 3. The fourth-order valence-electron chi connectivity index (χ4n) is 3.54. The van der Waals surface area contributed by atoms with E-state index in [4.69, 9.17) is 5.21 Å². The fraction of sp³-hybridized carbons (Fsp3) is 0.208. The molecule has 0 bridgehead atoms. The minimum absolute atomic E-state index is 0.0145. The Bertz CT molecular complexity index is 1370. The van der Waals surface area contributed by atoms with Crippen LogP contribution in [0, 0.1) is 6.92 Å². The number of nitrogens with zero attached hydrogens (tertiary/aromatic N) is 5. The molecule has 0 spiro atoms. The summed E-state index contributed by atoms with van der Waals surface area (Å²) >= 11 is 0. The van der Waals surface area contributed by atoms with Crippen LogP contribution < -0.4 is 21.0 Å². The van der Waals surface area contributed by atoms with Gasteiger partial charge < -0.3 is 15.5 Å². The van der Waals surface area contributed by atoms with Gasteiger partial charge in [-0.2, -0.15) is 10.1 Å². The van der Waals surface area contributed by atoms with Gasteiger partial charge in [0.2, 0.25) is 11.9 Å². The maximum absolute atomic E-state index is 12.2. The molecule has 2 aromatic heterocycles. The molecule has 0 aliphatic carbocycles. The van der Waals surface area contributed by atoms with E-state index < -0.39 is 5.91 Å². The predicted octanol–water partition coefficient (Wildman–Crippen LogP) is 2.81. The zero-order chi connectivity index (χ0) is 24.9. The predicted molar refractivity (Wildman–Crippen MR) is 132 cm³/mol. The molecule has 0 fully saturated rings. The molecule has 11 heteroatoms. The Hall–Kier alpha value is -4.51. The van der Waals surface area contributed by atoms with Crippen LogP contribution >= 0.6 is 0 Å². The lowest BCUT2D eigenvalue weighted by molar-refractivity contribution is -0.129. The van der Waals surface area contributed by atoms with Gasteiger partial charge in [-0.3, -0.25) is 19.5 Å². The van der Waals surface area contributed by atoms with E-state index in [0.717, 1.165) is 22.3 Å². The van der Waals surface area contributed by atoms with Crippen LogP contribution in [0.3, 0.4) is 0 Å². The number of hydrogen-bond donors (Lipinski definition) is 4. The van der Waals surface area contributed by atoms with E-state index in [1.165, 1.54) is 5.48 Å². The van der Waals surface area contributed by atoms with Crippen molar-refractivity contribution in [2.24, 2.45) is 7.05 Å². The molecule has 0 saturated carbocycles. The zero-order valence-electron chi connectivity index (χ0n) is 19.6. The van der Waals surface area contributed by atoms with Gasteiger partial charge >= 0.3 is 0 Å². The van der Waals surface area contributed by atoms with Crippen LogP contribution in [-0.4, -0.2) is 50.4 Å². The Morgan fingerprint density at radius 1 is 1.11 bits per heavy atom. The normalized spacial score (nSPS) is 10.7. The molecule has 11 nitrogen and oxygen atoms in total. The Balaban J connectivity index is 1.43. The molecule has 0 aliphatic heterocycles. The van der Waals surface area contributed by atoms with Gasteiger partial charge in [0.1, 0.15) is 5.82 Å². The van der Waals surface area contributed by atoms with Crippen LogP contribution in [0.1, 0.15) is 22.5 Å². The third-order valence-electron chi connectivity index (χ3n) is 5.65. The number of carbonyl (C=O) groups excluding carboxylic acids is 2. The number of carbonyl (C=O) groups is 2. The molecular weight excluding hydrogens is 448 g/mol. The first-order valence-corrected chi connectivity index (χ1v) is 10.9. The van der Waals surface area contributed by atoms with Crippen molar-refractivity contribution in [2.45, 2.75) is 13.3 Å². The van der Waals surface area contributed by atoms with E-state index >= 15 is 0 Å². The van der Waals surface area contributed by atoms with Crippen LogP contribution in [-0.2, 0) is 11.8 Å². The number of aromatic nitrogens is 4. The molecule has 180 valence electrons. The Morgan fingerprint density at radius 3 is 2.63 bits per heavy atom. The van der Waals surface area contributed by atoms with Crippen LogP contribution in [0.15, 0.2) is 54.7 Å². The minimum Gasteiger partial charge on any atom is -0.352 e. The third-order valence-corrected chi connectivity index (χ3v) is 5.65. The number of aryl methyl sites for hydroxylation is 2. The van der Waals surface area contributed by atoms with Crippen LogP contribution in [0.2, 0.25) is 0 Å². The van der Waals surface area contributed by atoms with Gasteiger partial charge in [-0.25, -0.2) is 10.5 Å². The lowest BCUT2D eigenvalue weighted by Gasteiger charge is -2.19. The summed E-state index contributed by atoms with van der Waals surface area (Å²) in [6.07, 6.45) is 1.66. The second-order valence-electron chi connectivity index (χ2n) is 7.95. The number of fused-ring (bicyclic) bond motifs is 1. The van der Waals surface area contributed by atoms with E-state index in [2.05, 4.69) is 31.8 Å². The average molecular weight is 475 g/mol. The lowest BCUT2D eigenvalue weighted by atomic mass is 10.2. The monoisotopic (exact) mass is 474 g/mol. The smallest absolute Gasteiger partial charge is 0.251 e. The van der Waals surface area contributed by atoms with E-state index in [-0.39, 0.29) is 18.9 Å². The molecule has 0 aliphatic rings. The van der Waals surface area contributed by atoms with E-state index in [1.54, 1.807) is 30.5 Å². The summed E-state index contributed by atoms with van der Waals surface area (Å²) in [5.41, 5.74) is 5.66. The summed E-state index contributed by atoms with van der Waals surface area (Å²) in [5, 5.41) is 19.9. The standard InChI is InChI=1S/C24H26N8O3/c1-15-19-9-8-18(14-20(19)29-32(15)3)31(2)21-10-12-26-24(28-21)27-17-6-4-16(5-7-17)23(34)25-13-11-22(33)30-35/h4-10,12,14,35H,11,13H2,1-3H3,(H,25,34)(H,30,33)(H,26,27,28). The number of anilines is 4. The van der Waals surface area contributed by atoms with E-state index in [1.807, 2.05) is 48.8 Å². The van der Waals surface area contributed by atoms with Crippen molar-refractivity contribution in [2.75, 3.05) is 23.8 Å². The summed E-state index contributed by atoms with van der Waals surface area (Å²) in [6.45, 7) is 2.16. The van der Waals surface area contributed by atoms with Crippen molar-refractivity contribution in [3.63, 3.8) is 0 Å². The van der Waals surface area contributed by atoms with Crippen LogP contribution in [0.4, 0.5) is 23.1 Å². The van der Waals surface area contributed by atoms with Crippen LogP contribution in [0.5, 0.6) is 0 Å². The molecule has 4 aromatic rings. The molecule has 2 amide bonds. The first-order valence-electron chi connectivity index (χ1n) is 10.9. The second kappa shape index (κ2) is 10.2. The number of benzene rings is 2.